The number of quaternary nitrogens is 1. The second kappa shape index (κ2) is 46.6. The van der Waals surface area contributed by atoms with Crippen LogP contribution in [-0.2, 0) is 28.6 Å². The molecule has 63 heavy (non-hydrogen) atoms. The van der Waals surface area contributed by atoms with E-state index in [1.807, 2.05) is 21.1 Å². The first kappa shape index (κ1) is 61.1. The average Bonchev–Trinajstić information content (AvgIpc) is 3.24. The zero-order valence-electron chi connectivity index (χ0n) is 42.5. The summed E-state index contributed by atoms with van der Waals surface area (Å²) in [7, 11) is 5.43. The molecule has 8 heteroatoms. The van der Waals surface area contributed by atoms with Gasteiger partial charge in [-0.25, -0.2) is 0 Å². The van der Waals surface area contributed by atoms with E-state index in [1.165, 1.54) is 186 Å². The number of hydrogen-bond donors (Lipinski definition) is 0. The van der Waals surface area contributed by atoms with Crippen molar-refractivity contribution in [2.45, 2.75) is 283 Å². The number of hydrogen-bond acceptors (Lipinski definition) is 7. The summed E-state index contributed by atoms with van der Waals surface area (Å²) in [5, 5.41) is 11.7. The fourth-order valence-corrected chi connectivity index (χ4v) is 8.42. The summed E-state index contributed by atoms with van der Waals surface area (Å²) >= 11 is 0. The zero-order valence-corrected chi connectivity index (χ0v) is 42.5. The molecule has 0 N–H and O–H groups in total. The van der Waals surface area contributed by atoms with Crippen molar-refractivity contribution in [3.63, 3.8) is 0 Å². The SMILES string of the molecule is CCCCCCCCC/C=C\CCCCCCCC(=O)OC(COCCC(C(=O)[O-])[N+](C)(C)C)COC(=O)CCCCCCCCCCCCCCCCCCCCCCCCC. The van der Waals surface area contributed by atoms with Crippen molar-refractivity contribution in [3.8, 4) is 0 Å². The molecular weight excluding hydrogens is 787 g/mol. The van der Waals surface area contributed by atoms with Crippen LogP contribution in [0.25, 0.3) is 0 Å². The maximum Gasteiger partial charge on any atom is 0.306 e. The van der Waals surface area contributed by atoms with E-state index in [0.29, 0.717) is 12.8 Å². The molecule has 0 saturated carbocycles. The molecule has 2 unspecified atom stereocenters. The largest absolute Gasteiger partial charge is 0.544 e. The molecule has 0 aromatic heterocycles. The Balaban J connectivity index is 4.14. The number of ether oxygens (including phenoxy) is 3. The Hall–Kier alpha value is -1.93. The molecular formula is C55H105NO7. The van der Waals surface area contributed by atoms with E-state index in [2.05, 4.69) is 26.0 Å². The van der Waals surface area contributed by atoms with Crippen molar-refractivity contribution >= 4 is 17.9 Å². The topological polar surface area (TPSA) is 102 Å². The van der Waals surface area contributed by atoms with E-state index in [0.717, 1.165) is 51.4 Å². The number of carbonyl (C=O) groups is 3. The van der Waals surface area contributed by atoms with E-state index in [9.17, 15) is 19.5 Å². The van der Waals surface area contributed by atoms with Gasteiger partial charge in [0.15, 0.2) is 6.10 Å². The molecule has 0 aliphatic carbocycles. The van der Waals surface area contributed by atoms with Gasteiger partial charge in [-0.3, -0.25) is 9.59 Å². The third-order valence-electron chi connectivity index (χ3n) is 12.7. The number of carbonyl (C=O) groups excluding carboxylic acids is 3. The summed E-state index contributed by atoms with van der Waals surface area (Å²) in [6, 6.07) is -0.724. The summed E-state index contributed by atoms with van der Waals surface area (Å²) in [5.41, 5.74) is 0. The summed E-state index contributed by atoms with van der Waals surface area (Å²) in [6.07, 6.45) is 52.5. The molecule has 0 fully saturated rings. The highest BCUT2D eigenvalue weighted by atomic mass is 16.6. The van der Waals surface area contributed by atoms with Crippen molar-refractivity contribution in [1.29, 1.82) is 0 Å². The first-order valence-electron chi connectivity index (χ1n) is 27.2. The fraction of sp³-hybridized carbons (Fsp3) is 0.909. The van der Waals surface area contributed by atoms with Gasteiger partial charge in [0, 0.05) is 19.3 Å². The number of likely N-dealkylation sites (N-methyl/N-ethyl adjacent to an activating group) is 1. The van der Waals surface area contributed by atoms with E-state index in [-0.39, 0.29) is 42.7 Å². The first-order valence-corrected chi connectivity index (χ1v) is 27.2. The minimum atomic E-state index is -1.12. The van der Waals surface area contributed by atoms with Crippen LogP contribution in [-0.4, -0.2) is 75.5 Å². The lowest BCUT2D eigenvalue weighted by Crippen LogP contribution is -2.55. The monoisotopic (exact) mass is 892 g/mol. The molecule has 8 nitrogen and oxygen atoms in total. The zero-order chi connectivity index (χ0) is 46.3. The summed E-state index contributed by atoms with van der Waals surface area (Å²) in [5.74, 6) is -1.72. The van der Waals surface area contributed by atoms with Gasteiger partial charge in [-0.2, -0.15) is 0 Å². The standard InChI is InChI=1S/C55H105NO7/c1-6-8-10-12-14-16-18-20-22-24-25-26-27-28-29-30-32-33-35-37-39-41-43-45-53(57)62-50-51(49-61-48-47-52(55(59)60)56(3,4)5)63-54(58)46-44-42-40-38-36-34-31-23-21-19-17-15-13-11-9-7-2/h23,31,51-52H,6-22,24-30,32-50H2,1-5H3/b31-23-. The number of unbranched alkanes of at least 4 members (excludes halogenated alkanes) is 34. The van der Waals surface area contributed by atoms with Crippen molar-refractivity contribution in [3.05, 3.63) is 12.2 Å². The number of esters is 2. The number of aliphatic carboxylic acids is 1. The van der Waals surface area contributed by atoms with Crippen LogP contribution in [0.5, 0.6) is 0 Å². The van der Waals surface area contributed by atoms with Gasteiger partial charge in [0.1, 0.15) is 12.6 Å². The van der Waals surface area contributed by atoms with Gasteiger partial charge >= 0.3 is 11.9 Å². The highest BCUT2D eigenvalue weighted by Gasteiger charge is 2.25. The van der Waals surface area contributed by atoms with E-state index in [1.54, 1.807) is 0 Å². The summed E-state index contributed by atoms with van der Waals surface area (Å²) < 4.78 is 17.3. The van der Waals surface area contributed by atoms with E-state index >= 15 is 0 Å². The van der Waals surface area contributed by atoms with E-state index in [4.69, 9.17) is 14.2 Å². The van der Waals surface area contributed by atoms with Gasteiger partial charge in [0.05, 0.1) is 40.3 Å². The van der Waals surface area contributed by atoms with Crippen LogP contribution in [0.4, 0.5) is 0 Å². The van der Waals surface area contributed by atoms with Gasteiger partial charge < -0.3 is 28.6 Å². The summed E-state index contributed by atoms with van der Waals surface area (Å²) in [4.78, 5) is 37.1. The number of rotatable bonds is 50. The molecule has 0 aromatic carbocycles. The molecule has 0 aliphatic rings. The third-order valence-corrected chi connectivity index (χ3v) is 12.7. The first-order chi connectivity index (χ1) is 30.6. The van der Waals surface area contributed by atoms with Crippen LogP contribution in [0.2, 0.25) is 0 Å². The van der Waals surface area contributed by atoms with Crippen LogP contribution in [0.15, 0.2) is 12.2 Å². The normalized spacial score (nSPS) is 12.8. The molecule has 0 aromatic rings. The van der Waals surface area contributed by atoms with Crippen molar-refractivity contribution in [2.75, 3.05) is 41.0 Å². The fourth-order valence-electron chi connectivity index (χ4n) is 8.42. The van der Waals surface area contributed by atoms with Crippen molar-refractivity contribution < 1.29 is 38.2 Å². The molecule has 0 bridgehead atoms. The van der Waals surface area contributed by atoms with Gasteiger partial charge in [-0.1, -0.05) is 225 Å². The molecule has 0 saturated heterocycles. The Labute approximate surface area is 390 Å². The van der Waals surface area contributed by atoms with Gasteiger partial charge in [0.25, 0.3) is 0 Å². The number of allylic oxidation sites excluding steroid dienone is 2. The molecule has 0 heterocycles. The molecule has 0 aliphatic heterocycles. The van der Waals surface area contributed by atoms with Gasteiger partial charge in [-0.15, -0.1) is 0 Å². The lowest BCUT2D eigenvalue weighted by molar-refractivity contribution is -0.889. The Morgan fingerprint density at radius 1 is 0.460 bits per heavy atom. The quantitative estimate of drug-likeness (QED) is 0.0259. The highest BCUT2D eigenvalue weighted by molar-refractivity contribution is 5.70. The van der Waals surface area contributed by atoms with Crippen LogP contribution in [0.3, 0.4) is 0 Å². The Kier molecular flexibility index (Phi) is 45.2. The third kappa shape index (κ3) is 45.0. The Morgan fingerprint density at radius 2 is 0.794 bits per heavy atom. The summed E-state index contributed by atoms with van der Waals surface area (Å²) in [6.45, 7) is 4.70. The lowest BCUT2D eigenvalue weighted by atomic mass is 10.0. The molecule has 2 atom stereocenters. The van der Waals surface area contributed by atoms with Crippen molar-refractivity contribution in [1.82, 2.24) is 0 Å². The minimum absolute atomic E-state index is 0.0435. The smallest absolute Gasteiger partial charge is 0.306 e. The second-order valence-corrected chi connectivity index (χ2v) is 19.8. The van der Waals surface area contributed by atoms with Crippen LogP contribution >= 0.6 is 0 Å². The Bertz CT molecular complexity index is 1040. The Morgan fingerprint density at radius 3 is 1.14 bits per heavy atom. The van der Waals surface area contributed by atoms with Crippen LogP contribution in [0, 0.1) is 0 Å². The predicted molar refractivity (Wildman–Crippen MR) is 264 cm³/mol. The highest BCUT2D eigenvalue weighted by Crippen LogP contribution is 2.17. The van der Waals surface area contributed by atoms with Gasteiger partial charge in [-0.05, 0) is 38.5 Å². The second-order valence-electron chi connectivity index (χ2n) is 19.8. The van der Waals surface area contributed by atoms with Crippen LogP contribution < -0.4 is 5.11 Å². The van der Waals surface area contributed by atoms with Crippen molar-refractivity contribution in [2.24, 2.45) is 0 Å². The molecule has 372 valence electrons. The predicted octanol–water partition coefficient (Wildman–Crippen LogP) is 14.5. The molecule has 0 rings (SSSR count). The van der Waals surface area contributed by atoms with Crippen LogP contribution in [0.1, 0.15) is 271 Å². The molecule has 0 radical (unpaired) electrons. The average molecular weight is 892 g/mol. The molecule has 0 amide bonds. The number of carboxylic acid groups (broad SMARTS) is 1. The lowest BCUT2D eigenvalue weighted by Gasteiger charge is -2.34. The minimum Gasteiger partial charge on any atom is -0.544 e. The molecule has 0 spiro atoms. The maximum absolute atomic E-state index is 12.8. The maximum atomic E-state index is 12.8. The number of nitrogens with zero attached hydrogens (tertiary/aromatic N) is 1. The van der Waals surface area contributed by atoms with E-state index < -0.39 is 18.1 Å². The number of carboxylic acids is 1. The van der Waals surface area contributed by atoms with Gasteiger partial charge in [0.2, 0.25) is 0 Å².